The predicted molar refractivity (Wildman–Crippen MR) is 92.4 cm³/mol. The Bertz CT molecular complexity index is 1100. The maximum absolute atomic E-state index is 12.2. The van der Waals surface area contributed by atoms with Gasteiger partial charge in [-0.2, -0.15) is 0 Å². The summed E-state index contributed by atoms with van der Waals surface area (Å²) in [5.74, 6) is 0.620. The van der Waals surface area contributed by atoms with Crippen LogP contribution in [0.4, 0.5) is 5.82 Å². The monoisotopic (exact) mass is 357 g/mol. The second-order valence-electron chi connectivity index (χ2n) is 5.02. The average Bonchev–Trinajstić information content (AvgIpc) is 3.26. The molecule has 0 aliphatic rings. The summed E-state index contributed by atoms with van der Waals surface area (Å²) >= 11 is 1.14. The van der Waals surface area contributed by atoms with Gasteiger partial charge in [0.15, 0.2) is 11.6 Å². The van der Waals surface area contributed by atoms with Crippen molar-refractivity contribution in [2.24, 2.45) is 0 Å². The Hall–Kier alpha value is -2.71. The van der Waals surface area contributed by atoms with Crippen molar-refractivity contribution in [3.8, 4) is 11.3 Å². The fraction of sp³-hybridized carbons (Fsp3) is 0. The summed E-state index contributed by atoms with van der Waals surface area (Å²) in [6.07, 6.45) is 1.73. The van der Waals surface area contributed by atoms with Crippen molar-refractivity contribution in [2.45, 2.75) is 4.21 Å². The van der Waals surface area contributed by atoms with Crippen molar-refractivity contribution in [1.82, 2.24) is 10.1 Å². The Kier molecular flexibility index (Phi) is 3.55. The van der Waals surface area contributed by atoms with E-state index in [0.717, 1.165) is 27.8 Å². The summed E-state index contributed by atoms with van der Waals surface area (Å²) in [5, 5.41) is 6.46. The number of nitrogens with one attached hydrogen (secondary N) is 1. The van der Waals surface area contributed by atoms with Crippen molar-refractivity contribution < 1.29 is 12.9 Å². The van der Waals surface area contributed by atoms with Gasteiger partial charge in [-0.1, -0.05) is 17.3 Å². The highest BCUT2D eigenvalue weighted by Gasteiger charge is 2.18. The number of benzene rings is 1. The van der Waals surface area contributed by atoms with Crippen LogP contribution in [0.1, 0.15) is 0 Å². The number of fused-ring (bicyclic) bond motifs is 1. The smallest absolute Gasteiger partial charge is 0.272 e. The molecule has 1 aromatic carbocycles. The van der Waals surface area contributed by atoms with E-state index in [0.29, 0.717) is 5.76 Å². The zero-order valence-electron chi connectivity index (χ0n) is 12.2. The molecule has 0 spiro atoms. The van der Waals surface area contributed by atoms with E-state index >= 15 is 0 Å². The molecule has 0 saturated carbocycles. The molecule has 8 heteroatoms. The van der Waals surface area contributed by atoms with Crippen LogP contribution in [0.5, 0.6) is 0 Å². The summed E-state index contributed by atoms with van der Waals surface area (Å²) in [6.45, 7) is 0. The lowest BCUT2D eigenvalue weighted by Crippen LogP contribution is -2.11. The van der Waals surface area contributed by atoms with Crippen LogP contribution in [0.25, 0.3) is 22.2 Å². The van der Waals surface area contributed by atoms with Gasteiger partial charge < -0.3 is 4.52 Å². The third-order valence-electron chi connectivity index (χ3n) is 3.40. The molecule has 0 unspecified atom stereocenters. The summed E-state index contributed by atoms with van der Waals surface area (Å²) in [4.78, 5) is 4.26. The van der Waals surface area contributed by atoms with Crippen molar-refractivity contribution in [1.29, 1.82) is 0 Å². The van der Waals surface area contributed by atoms with E-state index in [1.54, 1.807) is 23.7 Å². The number of anilines is 1. The molecule has 0 fully saturated rings. The fourth-order valence-electron chi connectivity index (χ4n) is 2.29. The topological polar surface area (TPSA) is 85.1 Å². The zero-order valence-corrected chi connectivity index (χ0v) is 13.8. The minimum absolute atomic E-state index is 0.143. The van der Waals surface area contributed by atoms with Gasteiger partial charge in [0.25, 0.3) is 10.0 Å². The van der Waals surface area contributed by atoms with Crippen LogP contribution in [0, 0.1) is 0 Å². The van der Waals surface area contributed by atoms with E-state index in [9.17, 15) is 8.42 Å². The average molecular weight is 357 g/mol. The summed E-state index contributed by atoms with van der Waals surface area (Å²) in [5.41, 5.74) is 1.67. The largest absolute Gasteiger partial charge is 0.354 e. The lowest BCUT2D eigenvalue weighted by atomic mass is 10.1. The first-order chi connectivity index (χ1) is 11.6. The van der Waals surface area contributed by atoms with Crippen LogP contribution in [0.3, 0.4) is 0 Å². The standard InChI is InChI=1S/C16H11N3O3S2/c20-24(21,16-4-2-8-23-16)19-15-10-14(22-18-15)12-5-6-13-11(9-12)3-1-7-17-13/h1-10H,(H,18,19). The second kappa shape index (κ2) is 5.73. The van der Waals surface area contributed by atoms with Crippen LogP contribution < -0.4 is 4.72 Å². The first-order valence-corrected chi connectivity index (χ1v) is 9.36. The highest BCUT2D eigenvalue weighted by Crippen LogP contribution is 2.27. The number of aromatic nitrogens is 2. The molecule has 0 saturated heterocycles. The Labute approximate surface area is 141 Å². The lowest BCUT2D eigenvalue weighted by molar-refractivity contribution is 0.435. The van der Waals surface area contributed by atoms with Crippen LogP contribution in [0.15, 0.2) is 68.8 Å². The molecule has 120 valence electrons. The molecule has 4 aromatic rings. The molecule has 6 nitrogen and oxygen atoms in total. The molecule has 0 amide bonds. The molecule has 0 radical (unpaired) electrons. The third kappa shape index (κ3) is 2.77. The first kappa shape index (κ1) is 14.9. The molecule has 0 bridgehead atoms. The molecule has 3 heterocycles. The summed E-state index contributed by atoms with van der Waals surface area (Å²) < 4.78 is 32.3. The van der Waals surface area contributed by atoms with E-state index < -0.39 is 10.0 Å². The van der Waals surface area contributed by atoms with Crippen molar-refractivity contribution in [2.75, 3.05) is 4.72 Å². The van der Waals surface area contributed by atoms with Gasteiger partial charge in [0.05, 0.1) is 5.52 Å². The normalized spacial score (nSPS) is 11.7. The number of hydrogen-bond acceptors (Lipinski definition) is 6. The highest BCUT2D eigenvalue weighted by atomic mass is 32.2. The van der Waals surface area contributed by atoms with Gasteiger partial charge in [-0.05, 0) is 35.7 Å². The number of sulfonamides is 1. The summed E-state index contributed by atoms with van der Waals surface area (Å²) in [6, 6.07) is 14.2. The number of rotatable bonds is 4. The van der Waals surface area contributed by atoms with Gasteiger partial charge in [0.1, 0.15) is 4.21 Å². The molecular formula is C16H11N3O3S2. The SMILES string of the molecule is O=S(=O)(Nc1cc(-c2ccc3ncccc3c2)on1)c1cccs1. The number of thiophene rings is 1. The molecule has 3 aromatic heterocycles. The number of nitrogens with zero attached hydrogens (tertiary/aromatic N) is 2. The van der Waals surface area contributed by atoms with Crippen molar-refractivity contribution >= 4 is 38.1 Å². The molecule has 0 aliphatic heterocycles. The fourth-order valence-corrected chi connectivity index (χ4v) is 4.27. The minimum Gasteiger partial charge on any atom is -0.354 e. The molecule has 1 N–H and O–H groups in total. The van der Waals surface area contributed by atoms with Crippen LogP contribution in [0.2, 0.25) is 0 Å². The Morgan fingerprint density at radius 3 is 2.83 bits per heavy atom. The predicted octanol–water partition coefficient (Wildman–Crippen LogP) is 3.75. The second-order valence-corrected chi connectivity index (χ2v) is 7.88. The highest BCUT2D eigenvalue weighted by molar-refractivity contribution is 7.94. The maximum Gasteiger partial charge on any atom is 0.272 e. The molecule has 0 atom stereocenters. The van der Waals surface area contributed by atoms with Gasteiger partial charge in [0, 0.05) is 23.2 Å². The van der Waals surface area contributed by atoms with E-state index in [2.05, 4.69) is 14.9 Å². The number of hydrogen-bond donors (Lipinski definition) is 1. The van der Waals surface area contributed by atoms with E-state index in [1.807, 2.05) is 30.3 Å². The minimum atomic E-state index is -3.64. The van der Waals surface area contributed by atoms with Crippen molar-refractivity contribution in [3.63, 3.8) is 0 Å². The quantitative estimate of drug-likeness (QED) is 0.601. The molecular weight excluding hydrogens is 346 g/mol. The zero-order chi connectivity index (χ0) is 16.6. The van der Waals surface area contributed by atoms with Gasteiger partial charge in [-0.15, -0.1) is 11.3 Å². The van der Waals surface area contributed by atoms with E-state index in [4.69, 9.17) is 4.52 Å². The van der Waals surface area contributed by atoms with Gasteiger partial charge in [-0.3, -0.25) is 9.71 Å². The van der Waals surface area contributed by atoms with E-state index in [-0.39, 0.29) is 10.0 Å². The lowest BCUT2D eigenvalue weighted by Gasteiger charge is -2.00. The van der Waals surface area contributed by atoms with Crippen LogP contribution in [-0.2, 0) is 10.0 Å². The van der Waals surface area contributed by atoms with Gasteiger partial charge in [-0.25, -0.2) is 8.42 Å². The first-order valence-electron chi connectivity index (χ1n) is 7.00. The Morgan fingerprint density at radius 1 is 1.08 bits per heavy atom. The Morgan fingerprint density at radius 2 is 2.00 bits per heavy atom. The van der Waals surface area contributed by atoms with Crippen LogP contribution in [-0.4, -0.2) is 18.6 Å². The van der Waals surface area contributed by atoms with Crippen LogP contribution >= 0.6 is 11.3 Å². The maximum atomic E-state index is 12.2. The van der Waals surface area contributed by atoms with Crippen molar-refractivity contribution in [3.05, 3.63) is 60.1 Å². The van der Waals surface area contributed by atoms with E-state index in [1.165, 1.54) is 6.07 Å². The third-order valence-corrected chi connectivity index (χ3v) is 6.15. The Balaban J connectivity index is 1.64. The van der Waals surface area contributed by atoms with Gasteiger partial charge in [0.2, 0.25) is 0 Å². The number of pyridine rings is 1. The molecule has 24 heavy (non-hydrogen) atoms. The molecule has 0 aliphatic carbocycles. The summed E-state index contributed by atoms with van der Waals surface area (Å²) in [7, 11) is -3.64. The molecule has 4 rings (SSSR count). The van der Waals surface area contributed by atoms with Gasteiger partial charge >= 0.3 is 0 Å².